The van der Waals surface area contributed by atoms with Crippen LogP contribution in [0.25, 0.3) is 0 Å². The summed E-state index contributed by atoms with van der Waals surface area (Å²) in [4.78, 5) is 11.8. The van der Waals surface area contributed by atoms with Gasteiger partial charge in [0.2, 0.25) is 5.91 Å². The Balaban J connectivity index is 2.13. The zero-order chi connectivity index (χ0) is 11.7. The van der Waals surface area contributed by atoms with Crippen LogP contribution in [-0.4, -0.2) is 13.0 Å². The number of hydrogen-bond donors (Lipinski definition) is 1. The lowest BCUT2D eigenvalue weighted by Gasteiger charge is -2.10. The van der Waals surface area contributed by atoms with Crippen LogP contribution in [0, 0.1) is 18.8 Å². The van der Waals surface area contributed by atoms with Gasteiger partial charge < -0.3 is 10.1 Å². The van der Waals surface area contributed by atoms with Gasteiger partial charge in [0.05, 0.1) is 12.8 Å². The third-order valence-corrected chi connectivity index (χ3v) is 3.06. The fourth-order valence-electron chi connectivity index (χ4n) is 1.83. The molecule has 16 heavy (non-hydrogen) atoms. The van der Waals surface area contributed by atoms with E-state index in [4.69, 9.17) is 4.74 Å². The number of anilines is 1. The van der Waals surface area contributed by atoms with E-state index in [9.17, 15) is 4.79 Å². The van der Waals surface area contributed by atoms with Crippen molar-refractivity contribution in [3.05, 3.63) is 23.8 Å². The quantitative estimate of drug-likeness (QED) is 0.848. The van der Waals surface area contributed by atoms with E-state index < -0.39 is 0 Å². The number of nitrogens with one attached hydrogen (secondary N) is 1. The summed E-state index contributed by atoms with van der Waals surface area (Å²) in [6.07, 6.45) is 1.000. The molecule has 3 nitrogen and oxygen atoms in total. The van der Waals surface area contributed by atoms with Gasteiger partial charge in [0.1, 0.15) is 5.75 Å². The Morgan fingerprint density at radius 2 is 2.19 bits per heavy atom. The van der Waals surface area contributed by atoms with Gasteiger partial charge in [-0.2, -0.15) is 0 Å². The van der Waals surface area contributed by atoms with Crippen LogP contribution in [0.4, 0.5) is 5.69 Å². The van der Waals surface area contributed by atoms with Crippen molar-refractivity contribution in [3.63, 3.8) is 0 Å². The first-order valence-corrected chi connectivity index (χ1v) is 5.57. The van der Waals surface area contributed by atoms with Crippen LogP contribution in [0.2, 0.25) is 0 Å². The van der Waals surface area contributed by atoms with E-state index in [1.807, 2.05) is 25.1 Å². The second-order valence-electron chi connectivity index (χ2n) is 4.51. The van der Waals surface area contributed by atoms with E-state index in [0.29, 0.717) is 11.7 Å². The number of amides is 1. The third kappa shape index (κ3) is 2.18. The predicted octanol–water partition coefficient (Wildman–Crippen LogP) is 2.60. The average molecular weight is 219 g/mol. The lowest BCUT2D eigenvalue weighted by molar-refractivity contribution is -0.117. The molecule has 0 aliphatic heterocycles. The number of ether oxygens (including phenoxy) is 1. The fraction of sp³-hybridized carbons (Fsp3) is 0.462. The molecule has 1 N–H and O–H groups in total. The van der Waals surface area contributed by atoms with Gasteiger partial charge in [-0.15, -0.1) is 0 Å². The summed E-state index contributed by atoms with van der Waals surface area (Å²) in [7, 11) is 1.61. The zero-order valence-corrected chi connectivity index (χ0v) is 9.91. The minimum atomic E-state index is 0.108. The van der Waals surface area contributed by atoms with Crippen LogP contribution in [0.3, 0.4) is 0 Å². The summed E-state index contributed by atoms with van der Waals surface area (Å²) in [6.45, 7) is 4.09. The number of rotatable bonds is 3. The second kappa shape index (κ2) is 4.16. The third-order valence-electron chi connectivity index (χ3n) is 3.06. The van der Waals surface area contributed by atoms with E-state index in [-0.39, 0.29) is 11.8 Å². The molecule has 1 aliphatic carbocycles. The number of methoxy groups -OCH3 is 1. The highest BCUT2D eigenvalue weighted by Crippen LogP contribution is 2.39. The molecular weight excluding hydrogens is 202 g/mol. The van der Waals surface area contributed by atoms with Gasteiger partial charge in [-0.05, 0) is 37.0 Å². The molecule has 0 heterocycles. The standard InChI is InChI=1S/C13H17NO2/c1-8-4-5-12(16-3)11(6-8)14-13(15)10-7-9(10)2/h4-6,9-10H,7H2,1-3H3,(H,14,15)/t9-,10+/m0/s1. The first kappa shape index (κ1) is 11.0. The number of aryl methyl sites for hydroxylation is 1. The maximum atomic E-state index is 11.8. The van der Waals surface area contributed by atoms with Crippen molar-refractivity contribution >= 4 is 11.6 Å². The molecule has 86 valence electrons. The largest absolute Gasteiger partial charge is 0.495 e. The van der Waals surface area contributed by atoms with E-state index in [0.717, 1.165) is 17.7 Å². The predicted molar refractivity (Wildman–Crippen MR) is 63.6 cm³/mol. The van der Waals surface area contributed by atoms with Crippen LogP contribution < -0.4 is 10.1 Å². The van der Waals surface area contributed by atoms with E-state index in [1.165, 1.54) is 0 Å². The van der Waals surface area contributed by atoms with Gasteiger partial charge in [-0.1, -0.05) is 13.0 Å². The Hall–Kier alpha value is -1.51. The van der Waals surface area contributed by atoms with Gasteiger partial charge in [-0.3, -0.25) is 4.79 Å². The maximum absolute atomic E-state index is 11.8. The van der Waals surface area contributed by atoms with Crippen LogP contribution in [0.1, 0.15) is 18.9 Å². The molecule has 1 aromatic rings. The summed E-state index contributed by atoms with van der Waals surface area (Å²) >= 11 is 0. The molecule has 1 saturated carbocycles. The molecule has 0 aromatic heterocycles. The highest BCUT2D eigenvalue weighted by atomic mass is 16.5. The summed E-state index contributed by atoms with van der Waals surface area (Å²) in [5, 5.41) is 2.93. The molecule has 2 atom stereocenters. The van der Waals surface area contributed by atoms with Crippen molar-refractivity contribution in [2.24, 2.45) is 11.8 Å². The summed E-state index contributed by atoms with van der Waals surface area (Å²) in [6, 6.07) is 5.78. The van der Waals surface area contributed by atoms with Crippen molar-refractivity contribution in [1.82, 2.24) is 0 Å². The molecule has 0 unspecified atom stereocenters. The van der Waals surface area contributed by atoms with E-state index in [1.54, 1.807) is 7.11 Å². The zero-order valence-electron chi connectivity index (χ0n) is 9.91. The Morgan fingerprint density at radius 1 is 1.50 bits per heavy atom. The number of carbonyl (C=O) groups excluding carboxylic acids is 1. The normalized spacial score (nSPS) is 22.7. The highest BCUT2D eigenvalue weighted by molar-refractivity contribution is 5.95. The molecular formula is C13H17NO2. The highest BCUT2D eigenvalue weighted by Gasteiger charge is 2.39. The Kier molecular flexibility index (Phi) is 2.86. The second-order valence-corrected chi connectivity index (χ2v) is 4.51. The molecule has 3 heteroatoms. The van der Waals surface area contributed by atoms with Gasteiger partial charge in [0, 0.05) is 5.92 Å². The number of benzene rings is 1. The Labute approximate surface area is 95.8 Å². The SMILES string of the molecule is COc1ccc(C)cc1NC(=O)[C@@H]1C[C@@H]1C. The Bertz CT molecular complexity index is 414. The first-order valence-electron chi connectivity index (χ1n) is 5.57. The molecule has 0 radical (unpaired) electrons. The monoisotopic (exact) mass is 219 g/mol. The van der Waals surface area contributed by atoms with Crippen LogP contribution in [0.5, 0.6) is 5.75 Å². The summed E-state index contributed by atoms with van der Waals surface area (Å²) in [5.41, 5.74) is 1.88. The topological polar surface area (TPSA) is 38.3 Å². The fourth-order valence-corrected chi connectivity index (χ4v) is 1.83. The molecule has 1 aliphatic rings. The van der Waals surface area contributed by atoms with Crippen LogP contribution >= 0.6 is 0 Å². The molecule has 1 amide bonds. The van der Waals surface area contributed by atoms with Crippen molar-refractivity contribution in [2.75, 3.05) is 12.4 Å². The number of hydrogen-bond acceptors (Lipinski definition) is 2. The first-order chi connectivity index (χ1) is 7.61. The van der Waals surface area contributed by atoms with Gasteiger partial charge in [0.25, 0.3) is 0 Å². The summed E-state index contributed by atoms with van der Waals surface area (Å²) in [5.74, 6) is 1.53. The van der Waals surface area contributed by atoms with Crippen molar-refractivity contribution in [3.8, 4) is 5.75 Å². The minimum Gasteiger partial charge on any atom is -0.495 e. The average Bonchev–Trinajstić information content (AvgIpc) is 2.96. The molecule has 0 bridgehead atoms. The Morgan fingerprint density at radius 3 is 2.75 bits per heavy atom. The van der Waals surface area contributed by atoms with Crippen molar-refractivity contribution in [1.29, 1.82) is 0 Å². The van der Waals surface area contributed by atoms with Crippen LogP contribution in [0.15, 0.2) is 18.2 Å². The van der Waals surface area contributed by atoms with E-state index in [2.05, 4.69) is 12.2 Å². The molecule has 0 saturated heterocycles. The molecule has 1 fully saturated rings. The lowest BCUT2D eigenvalue weighted by atomic mass is 10.2. The smallest absolute Gasteiger partial charge is 0.227 e. The van der Waals surface area contributed by atoms with Gasteiger partial charge >= 0.3 is 0 Å². The lowest BCUT2D eigenvalue weighted by Crippen LogP contribution is -2.15. The maximum Gasteiger partial charge on any atom is 0.227 e. The number of carbonyl (C=O) groups is 1. The van der Waals surface area contributed by atoms with Gasteiger partial charge in [-0.25, -0.2) is 0 Å². The van der Waals surface area contributed by atoms with Crippen LogP contribution in [-0.2, 0) is 4.79 Å². The molecule has 1 aromatic carbocycles. The minimum absolute atomic E-state index is 0.108. The van der Waals surface area contributed by atoms with Crippen molar-refractivity contribution in [2.45, 2.75) is 20.3 Å². The van der Waals surface area contributed by atoms with Crippen molar-refractivity contribution < 1.29 is 9.53 Å². The summed E-state index contributed by atoms with van der Waals surface area (Å²) < 4.78 is 5.21. The molecule has 0 spiro atoms. The van der Waals surface area contributed by atoms with E-state index >= 15 is 0 Å². The molecule has 2 rings (SSSR count). The van der Waals surface area contributed by atoms with Gasteiger partial charge in [0.15, 0.2) is 0 Å².